The van der Waals surface area contributed by atoms with Crippen molar-refractivity contribution >= 4 is 0 Å². The van der Waals surface area contributed by atoms with E-state index in [1.54, 1.807) is 0 Å². The lowest BCUT2D eigenvalue weighted by atomic mass is 10.1. The second-order valence-corrected chi connectivity index (χ2v) is 4.30. The summed E-state index contributed by atoms with van der Waals surface area (Å²) in [6, 6.07) is 10.6. The molecule has 0 saturated heterocycles. The van der Waals surface area contributed by atoms with Gasteiger partial charge in [-0.15, -0.1) is 0 Å². The van der Waals surface area contributed by atoms with Crippen LogP contribution < -0.4 is 0 Å². The van der Waals surface area contributed by atoms with E-state index in [2.05, 4.69) is 51.1 Å². The van der Waals surface area contributed by atoms with Crippen molar-refractivity contribution in [3.63, 3.8) is 0 Å². The summed E-state index contributed by atoms with van der Waals surface area (Å²) >= 11 is 0. The maximum Gasteiger partial charge on any atom is -0.0279 e. The molecular formula is C16H28. The van der Waals surface area contributed by atoms with Gasteiger partial charge in [0.1, 0.15) is 0 Å². The highest BCUT2D eigenvalue weighted by Crippen LogP contribution is 2.03. The molecule has 0 aromatic heterocycles. The first kappa shape index (κ1) is 15.2. The van der Waals surface area contributed by atoms with E-state index in [1.165, 1.54) is 50.5 Å². The molecule has 0 heterocycles. The summed E-state index contributed by atoms with van der Waals surface area (Å²) in [4.78, 5) is 0. The Morgan fingerprint density at radius 2 is 1.19 bits per heavy atom. The molecule has 1 rings (SSSR count). The van der Waals surface area contributed by atoms with Gasteiger partial charge in [0.05, 0.1) is 0 Å². The van der Waals surface area contributed by atoms with Crippen LogP contribution in [-0.4, -0.2) is 0 Å². The molecule has 0 unspecified atom stereocenters. The Balaban J connectivity index is 0.000000325. The molecule has 0 heteroatoms. The maximum absolute atomic E-state index is 2.23. The Morgan fingerprint density at radius 1 is 0.688 bits per heavy atom. The minimum absolute atomic E-state index is 1.23. The monoisotopic (exact) mass is 220 g/mol. The molecule has 0 radical (unpaired) electrons. The number of hydrogen-bond donors (Lipinski definition) is 0. The van der Waals surface area contributed by atoms with E-state index >= 15 is 0 Å². The van der Waals surface area contributed by atoms with E-state index in [0.29, 0.717) is 0 Å². The van der Waals surface area contributed by atoms with Gasteiger partial charge in [-0.05, 0) is 18.4 Å². The van der Waals surface area contributed by atoms with Crippen molar-refractivity contribution in [3.05, 3.63) is 35.9 Å². The van der Waals surface area contributed by atoms with E-state index in [1.807, 2.05) is 0 Å². The van der Waals surface area contributed by atoms with Gasteiger partial charge in [0, 0.05) is 0 Å². The van der Waals surface area contributed by atoms with Crippen LogP contribution in [0.3, 0.4) is 0 Å². The third-order valence-corrected chi connectivity index (χ3v) is 2.62. The molecule has 0 bridgehead atoms. The van der Waals surface area contributed by atoms with Crippen LogP contribution in [-0.2, 0) is 6.42 Å². The molecule has 0 N–H and O–H groups in total. The lowest BCUT2D eigenvalue weighted by molar-refractivity contribution is 0.702. The topological polar surface area (TPSA) is 0 Å². The Bertz CT molecular complexity index is 209. The van der Waals surface area contributed by atoms with Crippen molar-refractivity contribution in [2.24, 2.45) is 0 Å². The Kier molecular flexibility index (Phi) is 11.7. The smallest absolute Gasteiger partial charge is 0.0279 e. The third-order valence-electron chi connectivity index (χ3n) is 2.62. The Morgan fingerprint density at radius 3 is 1.62 bits per heavy atom. The van der Waals surface area contributed by atoms with Crippen molar-refractivity contribution in [2.75, 3.05) is 0 Å². The first-order valence-corrected chi connectivity index (χ1v) is 6.89. The van der Waals surface area contributed by atoms with Crippen LogP contribution in [0.2, 0.25) is 0 Å². The van der Waals surface area contributed by atoms with E-state index in [4.69, 9.17) is 0 Å². The fourth-order valence-corrected chi connectivity index (χ4v) is 1.53. The number of hydrogen-bond acceptors (Lipinski definition) is 0. The van der Waals surface area contributed by atoms with Crippen LogP contribution in [0.25, 0.3) is 0 Å². The molecule has 0 fully saturated rings. The van der Waals surface area contributed by atoms with Crippen LogP contribution in [0.4, 0.5) is 0 Å². The molecule has 0 aliphatic heterocycles. The predicted octanol–water partition coefficient (Wildman–Crippen LogP) is 5.62. The van der Waals surface area contributed by atoms with Crippen LogP contribution in [0.1, 0.15) is 64.9 Å². The van der Waals surface area contributed by atoms with Gasteiger partial charge in [-0.25, -0.2) is 0 Å². The summed E-state index contributed by atoms with van der Waals surface area (Å²) in [6.45, 7) is 6.69. The molecular weight excluding hydrogens is 192 g/mol. The number of rotatable bonds is 6. The molecule has 0 aliphatic rings. The zero-order chi connectivity index (χ0) is 12.1. The van der Waals surface area contributed by atoms with Gasteiger partial charge < -0.3 is 0 Å². The average molecular weight is 220 g/mol. The molecule has 0 saturated carbocycles. The predicted molar refractivity (Wildman–Crippen MR) is 74.9 cm³/mol. The summed E-state index contributed by atoms with van der Waals surface area (Å²) in [6.07, 6.45) is 9.37. The molecule has 1 aromatic carbocycles. The molecule has 0 aliphatic carbocycles. The molecule has 92 valence electrons. The van der Waals surface area contributed by atoms with Crippen molar-refractivity contribution in [2.45, 2.75) is 65.7 Å². The molecule has 1 aromatic rings. The minimum atomic E-state index is 1.23. The van der Waals surface area contributed by atoms with Crippen molar-refractivity contribution < 1.29 is 0 Å². The van der Waals surface area contributed by atoms with E-state index in [0.717, 1.165) is 0 Å². The van der Waals surface area contributed by atoms with Gasteiger partial charge >= 0.3 is 0 Å². The van der Waals surface area contributed by atoms with Crippen molar-refractivity contribution in [1.82, 2.24) is 0 Å². The highest BCUT2D eigenvalue weighted by molar-refractivity contribution is 5.14. The van der Waals surface area contributed by atoms with Crippen molar-refractivity contribution in [1.29, 1.82) is 0 Å². The molecule has 0 nitrogen and oxygen atoms in total. The number of unbranched alkanes of at least 4 members (excludes halogenated alkanes) is 4. The van der Waals surface area contributed by atoms with Crippen LogP contribution in [0.5, 0.6) is 0 Å². The Labute approximate surface area is 102 Å². The van der Waals surface area contributed by atoms with Gasteiger partial charge in [0.15, 0.2) is 0 Å². The summed E-state index contributed by atoms with van der Waals surface area (Å²) in [5.74, 6) is 0. The zero-order valence-electron chi connectivity index (χ0n) is 11.3. The van der Waals surface area contributed by atoms with Gasteiger partial charge in [-0.2, -0.15) is 0 Å². The lowest BCUT2D eigenvalue weighted by Crippen LogP contribution is -1.81. The Hall–Kier alpha value is -0.780. The van der Waals surface area contributed by atoms with Gasteiger partial charge in [-0.3, -0.25) is 0 Å². The van der Waals surface area contributed by atoms with Crippen LogP contribution >= 0.6 is 0 Å². The standard InChI is InChI=1S/C10H14.C6H14/c1-2-3-7-10-8-5-4-6-9-10;1-3-5-6-4-2/h4-6,8-9H,2-3,7H2,1H3;3-6H2,1-2H3. The maximum atomic E-state index is 2.23. The minimum Gasteiger partial charge on any atom is -0.0654 e. The van der Waals surface area contributed by atoms with E-state index in [9.17, 15) is 0 Å². The summed E-state index contributed by atoms with van der Waals surface area (Å²) in [5.41, 5.74) is 1.46. The number of benzene rings is 1. The molecule has 0 atom stereocenters. The summed E-state index contributed by atoms with van der Waals surface area (Å²) in [5, 5.41) is 0. The first-order chi connectivity index (χ1) is 7.85. The molecule has 0 spiro atoms. The van der Waals surface area contributed by atoms with Gasteiger partial charge in [-0.1, -0.05) is 83.2 Å². The summed E-state index contributed by atoms with van der Waals surface area (Å²) in [7, 11) is 0. The van der Waals surface area contributed by atoms with Crippen LogP contribution in [0.15, 0.2) is 30.3 Å². The lowest BCUT2D eigenvalue weighted by Gasteiger charge is -1.96. The van der Waals surface area contributed by atoms with Gasteiger partial charge in [0.2, 0.25) is 0 Å². The number of aryl methyl sites for hydroxylation is 1. The van der Waals surface area contributed by atoms with E-state index < -0.39 is 0 Å². The highest BCUT2D eigenvalue weighted by atomic mass is 13.9. The van der Waals surface area contributed by atoms with Crippen molar-refractivity contribution in [3.8, 4) is 0 Å². The second kappa shape index (κ2) is 12.3. The van der Waals surface area contributed by atoms with Gasteiger partial charge in [0.25, 0.3) is 0 Å². The van der Waals surface area contributed by atoms with E-state index in [-0.39, 0.29) is 0 Å². The summed E-state index contributed by atoms with van der Waals surface area (Å²) < 4.78 is 0. The zero-order valence-corrected chi connectivity index (χ0v) is 11.3. The van der Waals surface area contributed by atoms with Crippen LogP contribution in [0, 0.1) is 0 Å². The fraction of sp³-hybridized carbons (Fsp3) is 0.625. The molecule has 0 amide bonds. The highest BCUT2D eigenvalue weighted by Gasteiger charge is 1.87. The molecule has 16 heavy (non-hydrogen) atoms. The largest absolute Gasteiger partial charge is 0.0654 e. The quantitative estimate of drug-likeness (QED) is 0.546. The fourth-order valence-electron chi connectivity index (χ4n) is 1.53. The third kappa shape index (κ3) is 9.76. The normalized spacial score (nSPS) is 9.44. The average Bonchev–Trinajstić information content (AvgIpc) is 2.36. The first-order valence-electron chi connectivity index (χ1n) is 6.89. The second-order valence-electron chi connectivity index (χ2n) is 4.30. The SMILES string of the molecule is CCCCCC.CCCCc1ccccc1.